The summed E-state index contributed by atoms with van der Waals surface area (Å²) in [6, 6.07) is 4.07. The summed E-state index contributed by atoms with van der Waals surface area (Å²) < 4.78 is 12.9. The molecule has 0 radical (unpaired) electrons. The molecule has 1 aromatic carbocycles. The molecule has 2 saturated carbocycles. The molecular weight excluding hydrogens is 342 g/mol. The SMILES string of the molecule is CCO[C@@]12CCC(=O)[C@@H]3Oc4c(O)ccc5c4[C@@]31CCN(CC1CC1)C2C5. The lowest BCUT2D eigenvalue weighted by molar-refractivity contribution is -0.211. The second-order valence-electron chi connectivity index (χ2n) is 9.11. The Labute approximate surface area is 159 Å². The van der Waals surface area contributed by atoms with Crippen LogP contribution in [0.1, 0.15) is 50.2 Å². The van der Waals surface area contributed by atoms with E-state index in [9.17, 15) is 9.90 Å². The van der Waals surface area contributed by atoms with Gasteiger partial charge in [0.1, 0.15) is 0 Å². The molecule has 5 nitrogen and oxygen atoms in total. The molecule has 2 bridgehead atoms. The average Bonchev–Trinajstić information content (AvgIpc) is 3.39. The monoisotopic (exact) mass is 369 g/mol. The smallest absolute Gasteiger partial charge is 0.174 e. The summed E-state index contributed by atoms with van der Waals surface area (Å²) in [5, 5.41) is 10.5. The van der Waals surface area contributed by atoms with E-state index in [1.54, 1.807) is 6.07 Å². The number of nitrogens with zero attached hydrogens (tertiary/aromatic N) is 1. The van der Waals surface area contributed by atoms with E-state index in [0.717, 1.165) is 43.8 Å². The summed E-state index contributed by atoms with van der Waals surface area (Å²) in [6.45, 7) is 4.83. The van der Waals surface area contributed by atoms with Crippen molar-refractivity contribution in [2.24, 2.45) is 5.92 Å². The number of Topliss-reactive ketones (excluding diaryl/α,β-unsaturated/α-hetero) is 1. The molecule has 2 heterocycles. The van der Waals surface area contributed by atoms with Gasteiger partial charge in [-0.3, -0.25) is 9.69 Å². The number of carbonyl (C=O) groups is 1. The van der Waals surface area contributed by atoms with Crippen LogP contribution in [0.3, 0.4) is 0 Å². The molecule has 3 fully saturated rings. The number of aromatic hydroxyl groups is 1. The first-order valence-electron chi connectivity index (χ1n) is 10.5. The van der Waals surface area contributed by atoms with Crippen LogP contribution in [0, 0.1) is 5.92 Å². The Kier molecular flexibility index (Phi) is 3.19. The molecular formula is C22H27NO4. The second kappa shape index (κ2) is 5.26. The standard InChI is InChI=1S/C22H27NO4/c1-2-26-22-8-7-16(25)20-21(22)9-10-23(12-13-3-4-13)17(22)11-14-5-6-15(24)19(27-20)18(14)21/h5-6,13,17,20,24H,2-4,7-12H2,1H3/t17?,20-,21-,22+/m0/s1. The van der Waals surface area contributed by atoms with Crippen LogP contribution < -0.4 is 4.74 Å². The third-order valence-electron chi connectivity index (χ3n) is 7.92. The van der Waals surface area contributed by atoms with E-state index in [4.69, 9.17) is 9.47 Å². The number of rotatable bonds is 4. The molecule has 1 unspecified atom stereocenters. The van der Waals surface area contributed by atoms with Crippen LogP contribution in [-0.4, -0.2) is 53.2 Å². The highest BCUT2D eigenvalue weighted by Gasteiger charge is 2.74. The minimum Gasteiger partial charge on any atom is -0.504 e. The van der Waals surface area contributed by atoms with Gasteiger partial charge in [-0.2, -0.15) is 0 Å². The van der Waals surface area contributed by atoms with Crippen molar-refractivity contribution in [1.82, 2.24) is 4.90 Å². The molecule has 0 aromatic heterocycles. The lowest BCUT2D eigenvalue weighted by Crippen LogP contribution is -2.77. The molecule has 6 rings (SSSR count). The van der Waals surface area contributed by atoms with Gasteiger partial charge in [-0.25, -0.2) is 0 Å². The van der Waals surface area contributed by atoms with Crippen molar-refractivity contribution in [2.75, 3.05) is 19.7 Å². The summed E-state index contributed by atoms with van der Waals surface area (Å²) >= 11 is 0. The molecule has 3 aliphatic carbocycles. The lowest BCUT2D eigenvalue weighted by atomic mass is 9.48. The third-order valence-corrected chi connectivity index (χ3v) is 7.92. The lowest BCUT2D eigenvalue weighted by Gasteiger charge is -2.64. The molecule has 1 aromatic rings. The summed E-state index contributed by atoms with van der Waals surface area (Å²) in [6.07, 6.45) is 5.23. The predicted molar refractivity (Wildman–Crippen MR) is 99.2 cm³/mol. The van der Waals surface area contributed by atoms with Gasteiger partial charge < -0.3 is 14.6 Å². The summed E-state index contributed by atoms with van der Waals surface area (Å²) in [5.74, 6) is 1.71. The Balaban J connectivity index is 1.59. The highest BCUT2D eigenvalue weighted by Crippen LogP contribution is 2.66. The fraction of sp³-hybridized carbons (Fsp3) is 0.682. The maximum atomic E-state index is 13.0. The Hall–Kier alpha value is -1.59. The Morgan fingerprint density at radius 1 is 1.33 bits per heavy atom. The maximum absolute atomic E-state index is 13.0. The number of ether oxygens (including phenoxy) is 2. The Morgan fingerprint density at radius 3 is 2.96 bits per heavy atom. The number of hydrogen-bond donors (Lipinski definition) is 1. The van der Waals surface area contributed by atoms with E-state index in [-0.39, 0.29) is 23.2 Å². The first kappa shape index (κ1) is 16.4. The van der Waals surface area contributed by atoms with Crippen LogP contribution in [-0.2, 0) is 21.4 Å². The molecule has 2 aliphatic heterocycles. The zero-order valence-electron chi connectivity index (χ0n) is 15.9. The van der Waals surface area contributed by atoms with Crippen LogP contribution in [0.15, 0.2) is 12.1 Å². The van der Waals surface area contributed by atoms with Crippen molar-refractivity contribution >= 4 is 5.78 Å². The number of ketones is 1. The predicted octanol–water partition coefficient (Wildman–Crippen LogP) is 2.57. The number of benzene rings is 1. The molecule has 1 saturated heterocycles. The Morgan fingerprint density at radius 2 is 2.19 bits per heavy atom. The van der Waals surface area contributed by atoms with E-state index >= 15 is 0 Å². The van der Waals surface area contributed by atoms with E-state index in [0.29, 0.717) is 18.8 Å². The van der Waals surface area contributed by atoms with Gasteiger partial charge in [0.15, 0.2) is 23.4 Å². The highest BCUT2D eigenvalue weighted by molar-refractivity contribution is 5.90. The van der Waals surface area contributed by atoms with Gasteiger partial charge in [-0.1, -0.05) is 6.07 Å². The second-order valence-corrected chi connectivity index (χ2v) is 9.11. The van der Waals surface area contributed by atoms with Crippen molar-refractivity contribution in [3.63, 3.8) is 0 Å². The number of carbonyl (C=O) groups excluding carboxylic acids is 1. The van der Waals surface area contributed by atoms with Crippen molar-refractivity contribution in [1.29, 1.82) is 0 Å². The summed E-state index contributed by atoms with van der Waals surface area (Å²) in [4.78, 5) is 15.6. The van der Waals surface area contributed by atoms with Gasteiger partial charge >= 0.3 is 0 Å². The fourth-order valence-electron chi connectivity index (χ4n) is 6.79. The van der Waals surface area contributed by atoms with Crippen LogP contribution in [0.4, 0.5) is 0 Å². The molecule has 27 heavy (non-hydrogen) atoms. The number of phenols is 1. The first-order chi connectivity index (χ1) is 13.1. The van der Waals surface area contributed by atoms with Gasteiger partial charge in [0.2, 0.25) is 0 Å². The quantitative estimate of drug-likeness (QED) is 0.884. The number of hydrogen-bond acceptors (Lipinski definition) is 5. The first-order valence-corrected chi connectivity index (χ1v) is 10.5. The van der Waals surface area contributed by atoms with Gasteiger partial charge in [0.25, 0.3) is 0 Å². The van der Waals surface area contributed by atoms with Crippen molar-refractivity contribution in [3.8, 4) is 11.5 Å². The van der Waals surface area contributed by atoms with Gasteiger partial charge in [-0.05, 0) is 63.1 Å². The molecule has 1 spiro atoms. The number of piperidine rings is 1. The molecule has 144 valence electrons. The maximum Gasteiger partial charge on any atom is 0.174 e. The van der Waals surface area contributed by atoms with Crippen molar-refractivity contribution in [3.05, 3.63) is 23.3 Å². The molecule has 4 atom stereocenters. The largest absolute Gasteiger partial charge is 0.504 e. The van der Waals surface area contributed by atoms with Crippen molar-refractivity contribution < 1.29 is 19.4 Å². The van der Waals surface area contributed by atoms with E-state index in [1.165, 1.54) is 18.4 Å². The minimum absolute atomic E-state index is 0.162. The van der Waals surface area contributed by atoms with E-state index in [2.05, 4.69) is 11.8 Å². The van der Waals surface area contributed by atoms with Crippen LogP contribution in [0.2, 0.25) is 0 Å². The van der Waals surface area contributed by atoms with E-state index < -0.39 is 11.5 Å². The van der Waals surface area contributed by atoms with Crippen LogP contribution >= 0.6 is 0 Å². The Bertz CT molecular complexity index is 834. The van der Waals surface area contributed by atoms with E-state index in [1.807, 2.05) is 6.07 Å². The third kappa shape index (κ3) is 1.85. The van der Waals surface area contributed by atoms with Crippen LogP contribution in [0.25, 0.3) is 0 Å². The molecule has 1 N–H and O–H groups in total. The van der Waals surface area contributed by atoms with Gasteiger partial charge in [0.05, 0.1) is 11.0 Å². The minimum atomic E-state index is -0.509. The normalized spacial score (nSPS) is 39.2. The van der Waals surface area contributed by atoms with Crippen molar-refractivity contribution in [2.45, 2.75) is 68.6 Å². The summed E-state index contributed by atoms with van der Waals surface area (Å²) in [5.41, 5.74) is 1.49. The molecule has 5 heteroatoms. The topological polar surface area (TPSA) is 59.0 Å². The van der Waals surface area contributed by atoms with Crippen LogP contribution in [0.5, 0.6) is 11.5 Å². The summed E-state index contributed by atoms with van der Waals surface area (Å²) in [7, 11) is 0. The highest BCUT2D eigenvalue weighted by atomic mass is 16.5. The average molecular weight is 369 g/mol. The zero-order chi connectivity index (χ0) is 18.4. The molecule has 0 amide bonds. The zero-order valence-corrected chi connectivity index (χ0v) is 15.9. The molecule has 5 aliphatic rings. The van der Waals surface area contributed by atoms with Gasteiger partial charge in [0, 0.05) is 31.2 Å². The fourth-order valence-corrected chi connectivity index (χ4v) is 6.79. The number of phenolic OH excluding ortho intramolecular Hbond substituents is 1. The van der Waals surface area contributed by atoms with Gasteiger partial charge in [-0.15, -0.1) is 0 Å². The number of likely N-dealkylation sites (tertiary alicyclic amines) is 1.